The molecule has 0 aliphatic carbocycles. The standard InChI is InChI=1S/C13H24N2O3/c1-13(2,10-5-3-7-14-9-10)12(18)15-8-4-6-11(16)17/h10,14H,3-9H2,1-2H3,(H,15,18)(H,16,17). The molecule has 104 valence electrons. The van der Waals surface area contributed by atoms with Crippen LogP contribution in [-0.4, -0.2) is 36.6 Å². The molecule has 0 aromatic heterocycles. The maximum absolute atomic E-state index is 12.1. The van der Waals surface area contributed by atoms with Gasteiger partial charge in [0, 0.05) is 18.4 Å². The van der Waals surface area contributed by atoms with Gasteiger partial charge in [-0.05, 0) is 38.3 Å². The normalized spacial score (nSPS) is 20.4. The molecule has 1 fully saturated rings. The summed E-state index contributed by atoms with van der Waals surface area (Å²) in [7, 11) is 0. The zero-order valence-corrected chi connectivity index (χ0v) is 11.3. The van der Waals surface area contributed by atoms with Gasteiger partial charge in [-0.15, -0.1) is 0 Å². The van der Waals surface area contributed by atoms with Crippen LogP contribution in [0.5, 0.6) is 0 Å². The molecule has 0 aromatic carbocycles. The fourth-order valence-corrected chi connectivity index (χ4v) is 2.32. The summed E-state index contributed by atoms with van der Waals surface area (Å²) in [6, 6.07) is 0. The van der Waals surface area contributed by atoms with Gasteiger partial charge in [0.25, 0.3) is 0 Å². The highest BCUT2D eigenvalue weighted by Crippen LogP contribution is 2.31. The molecule has 1 amide bonds. The van der Waals surface area contributed by atoms with Crippen molar-refractivity contribution in [2.75, 3.05) is 19.6 Å². The van der Waals surface area contributed by atoms with E-state index < -0.39 is 11.4 Å². The fraction of sp³-hybridized carbons (Fsp3) is 0.846. The van der Waals surface area contributed by atoms with Crippen molar-refractivity contribution in [2.45, 2.75) is 39.5 Å². The summed E-state index contributed by atoms with van der Waals surface area (Å²) in [6.45, 7) is 6.30. The van der Waals surface area contributed by atoms with Crippen LogP contribution in [0.25, 0.3) is 0 Å². The Kier molecular flexibility index (Phi) is 5.59. The highest BCUT2D eigenvalue weighted by Gasteiger charge is 2.36. The Balaban J connectivity index is 2.36. The van der Waals surface area contributed by atoms with Crippen LogP contribution < -0.4 is 10.6 Å². The van der Waals surface area contributed by atoms with Gasteiger partial charge in [-0.3, -0.25) is 9.59 Å². The molecule has 5 heteroatoms. The molecule has 0 spiro atoms. The van der Waals surface area contributed by atoms with Crippen molar-refractivity contribution in [3.63, 3.8) is 0 Å². The minimum absolute atomic E-state index is 0.0292. The average molecular weight is 256 g/mol. The molecule has 1 heterocycles. The highest BCUT2D eigenvalue weighted by molar-refractivity contribution is 5.82. The number of hydrogen-bond acceptors (Lipinski definition) is 3. The summed E-state index contributed by atoms with van der Waals surface area (Å²) in [4.78, 5) is 22.5. The Morgan fingerprint density at radius 2 is 2.17 bits per heavy atom. The second-order valence-electron chi connectivity index (χ2n) is 5.52. The van der Waals surface area contributed by atoms with Crippen molar-refractivity contribution in [2.24, 2.45) is 11.3 Å². The lowest BCUT2D eigenvalue weighted by molar-refractivity contribution is -0.137. The minimum Gasteiger partial charge on any atom is -0.481 e. The number of rotatable bonds is 6. The largest absolute Gasteiger partial charge is 0.481 e. The molecule has 0 bridgehead atoms. The van der Waals surface area contributed by atoms with E-state index in [2.05, 4.69) is 10.6 Å². The SMILES string of the molecule is CC(C)(C(=O)NCCCC(=O)O)C1CCCNC1. The third-order valence-corrected chi connectivity index (χ3v) is 3.76. The van der Waals surface area contributed by atoms with Gasteiger partial charge in [0.1, 0.15) is 0 Å². The number of aliphatic carboxylic acids is 1. The smallest absolute Gasteiger partial charge is 0.303 e. The first-order chi connectivity index (χ1) is 8.44. The summed E-state index contributed by atoms with van der Waals surface area (Å²) in [5.41, 5.74) is -0.392. The van der Waals surface area contributed by atoms with Crippen LogP contribution in [0.4, 0.5) is 0 Å². The number of carbonyl (C=O) groups is 2. The molecule has 1 aliphatic heterocycles. The minimum atomic E-state index is -0.819. The van der Waals surface area contributed by atoms with Gasteiger partial charge in [0.2, 0.25) is 5.91 Å². The van der Waals surface area contributed by atoms with Crippen molar-refractivity contribution >= 4 is 11.9 Å². The zero-order valence-electron chi connectivity index (χ0n) is 11.3. The van der Waals surface area contributed by atoms with Crippen LogP contribution in [0.3, 0.4) is 0 Å². The van der Waals surface area contributed by atoms with E-state index in [4.69, 9.17) is 5.11 Å². The molecule has 3 N–H and O–H groups in total. The van der Waals surface area contributed by atoms with Crippen molar-refractivity contribution in [1.82, 2.24) is 10.6 Å². The second kappa shape index (κ2) is 6.73. The van der Waals surface area contributed by atoms with E-state index >= 15 is 0 Å². The van der Waals surface area contributed by atoms with Gasteiger partial charge in [-0.25, -0.2) is 0 Å². The lowest BCUT2D eigenvalue weighted by atomic mass is 9.74. The molecular formula is C13H24N2O3. The van der Waals surface area contributed by atoms with Crippen LogP contribution in [0.1, 0.15) is 39.5 Å². The van der Waals surface area contributed by atoms with Crippen molar-refractivity contribution in [3.05, 3.63) is 0 Å². The molecular weight excluding hydrogens is 232 g/mol. The van der Waals surface area contributed by atoms with Crippen molar-refractivity contribution in [1.29, 1.82) is 0 Å². The lowest BCUT2D eigenvalue weighted by Crippen LogP contribution is -2.47. The van der Waals surface area contributed by atoms with Gasteiger partial charge in [-0.2, -0.15) is 0 Å². The first-order valence-corrected chi connectivity index (χ1v) is 6.65. The quantitative estimate of drug-likeness (QED) is 0.619. The van der Waals surface area contributed by atoms with Crippen LogP contribution in [-0.2, 0) is 9.59 Å². The predicted molar refractivity (Wildman–Crippen MR) is 69.3 cm³/mol. The molecule has 0 radical (unpaired) electrons. The zero-order chi connectivity index (χ0) is 13.6. The third kappa shape index (κ3) is 4.29. The van der Waals surface area contributed by atoms with E-state index in [1.165, 1.54) is 0 Å². The van der Waals surface area contributed by atoms with Crippen LogP contribution >= 0.6 is 0 Å². The van der Waals surface area contributed by atoms with Gasteiger partial charge in [0.05, 0.1) is 0 Å². The number of nitrogens with one attached hydrogen (secondary N) is 2. The van der Waals surface area contributed by atoms with E-state index in [0.29, 0.717) is 18.9 Å². The molecule has 5 nitrogen and oxygen atoms in total. The van der Waals surface area contributed by atoms with Gasteiger partial charge in [-0.1, -0.05) is 13.8 Å². The number of hydrogen-bond donors (Lipinski definition) is 3. The first-order valence-electron chi connectivity index (χ1n) is 6.65. The van der Waals surface area contributed by atoms with E-state index in [0.717, 1.165) is 25.9 Å². The van der Waals surface area contributed by atoms with Gasteiger partial charge < -0.3 is 15.7 Å². The molecule has 18 heavy (non-hydrogen) atoms. The number of carbonyl (C=O) groups excluding carboxylic acids is 1. The van der Waals surface area contributed by atoms with E-state index in [1.807, 2.05) is 13.8 Å². The number of piperidine rings is 1. The van der Waals surface area contributed by atoms with E-state index in [9.17, 15) is 9.59 Å². The molecule has 1 saturated heterocycles. The maximum Gasteiger partial charge on any atom is 0.303 e. The lowest BCUT2D eigenvalue weighted by Gasteiger charge is -2.36. The second-order valence-corrected chi connectivity index (χ2v) is 5.52. The van der Waals surface area contributed by atoms with Crippen molar-refractivity contribution < 1.29 is 14.7 Å². The maximum atomic E-state index is 12.1. The summed E-state index contributed by atoms with van der Waals surface area (Å²) >= 11 is 0. The summed E-state index contributed by atoms with van der Waals surface area (Å²) in [5.74, 6) is -0.438. The molecule has 1 aliphatic rings. The first kappa shape index (κ1) is 15.0. The predicted octanol–water partition coefficient (Wildman–Crippen LogP) is 0.993. The molecule has 0 saturated carbocycles. The Morgan fingerprint density at radius 3 is 2.72 bits per heavy atom. The Hall–Kier alpha value is -1.10. The summed E-state index contributed by atoms with van der Waals surface area (Å²) in [6.07, 6.45) is 2.77. The topological polar surface area (TPSA) is 78.4 Å². The molecule has 1 rings (SSSR count). The van der Waals surface area contributed by atoms with Crippen molar-refractivity contribution in [3.8, 4) is 0 Å². The number of amides is 1. The van der Waals surface area contributed by atoms with Gasteiger partial charge >= 0.3 is 5.97 Å². The van der Waals surface area contributed by atoms with E-state index in [1.54, 1.807) is 0 Å². The Morgan fingerprint density at radius 1 is 1.44 bits per heavy atom. The van der Waals surface area contributed by atoms with Crippen LogP contribution in [0, 0.1) is 11.3 Å². The van der Waals surface area contributed by atoms with Crippen LogP contribution in [0.2, 0.25) is 0 Å². The molecule has 1 atom stereocenters. The average Bonchev–Trinajstić information content (AvgIpc) is 2.35. The molecule has 0 aromatic rings. The summed E-state index contributed by atoms with van der Waals surface area (Å²) in [5, 5.41) is 14.7. The fourth-order valence-electron chi connectivity index (χ4n) is 2.32. The Labute approximate surface area is 108 Å². The highest BCUT2D eigenvalue weighted by atomic mass is 16.4. The number of carboxylic acids is 1. The van der Waals surface area contributed by atoms with Gasteiger partial charge in [0.15, 0.2) is 0 Å². The Bertz CT molecular complexity index is 297. The monoisotopic (exact) mass is 256 g/mol. The number of carboxylic acid groups (broad SMARTS) is 1. The third-order valence-electron chi connectivity index (χ3n) is 3.76. The molecule has 1 unspecified atom stereocenters. The summed E-state index contributed by atoms with van der Waals surface area (Å²) < 4.78 is 0. The van der Waals surface area contributed by atoms with E-state index in [-0.39, 0.29) is 12.3 Å². The van der Waals surface area contributed by atoms with Crippen LogP contribution in [0.15, 0.2) is 0 Å².